The van der Waals surface area contributed by atoms with E-state index < -0.39 is 0 Å². The molecule has 0 saturated carbocycles. The number of carbonyl (C=O) groups is 2. The lowest BCUT2D eigenvalue weighted by molar-refractivity contribution is -0.00709. The summed E-state index contributed by atoms with van der Waals surface area (Å²) >= 11 is 6.49. The maximum Gasteiger partial charge on any atom is 0.232 e. The lowest BCUT2D eigenvalue weighted by Gasteiger charge is -2.10. The Morgan fingerprint density at radius 3 is 1.98 bits per heavy atom. The van der Waals surface area contributed by atoms with Crippen molar-refractivity contribution in [1.82, 2.24) is 14.5 Å². The van der Waals surface area contributed by atoms with Crippen LogP contribution in [0.4, 0.5) is 0 Å². The molecule has 0 saturated heterocycles. The summed E-state index contributed by atoms with van der Waals surface area (Å²) in [6.07, 6.45) is 6.71. The number of ether oxygens (including phenoxy) is 6. The number of benzene rings is 2. The highest BCUT2D eigenvalue weighted by atomic mass is 35.5. The summed E-state index contributed by atoms with van der Waals surface area (Å²) in [5.41, 5.74) is 4.77. The van der Waals surface area contributed by atoms with Crippen molar-refractivity contribution in [1.29, 1.82) is 0 Å². The molecule has 0 bridgehead atoms. The Kier molecular flexibility index (Phi) is 12.6. The van der Waals surface area contributed by atoms with Gasteiger partial charge in [-0.1, -0.05) is 23.7 Å². The fraction of sp³-hybridized carbons (Fsp3) is 0.314. The Balaban J connectivity index is 0.885. The predicted octanol–water partition coefficient (Wildman–Crippen LogP) is 5.59. The third-order valence-corrected chi connectivity index (χ3v) is 7.61. The van der Waals surface area contributed by atoms with Gasteiger partial charge in [-0.05, 0) is 42.0 Å². The van der Waals surface area contributed by atoms with Crippen molar-refractivity contribution in [2.45, 2.75) is 0 Å². The highest BCUT2D eigenvalue weighted by Crippen LogP contribution is 2.33. The predicted molar refractivity (Wildman–Crippen MR) is 178 cm³/mol. The van der Waals surface area contributed by atoms with Crippen molar-refractivity contribution in [3.8, 4) is 22.8 Å². The summed E-state index contributed by atoms with van der Waals surface area (Å²) in [5, 5.41) is 2.70. The fourth-order valence-corrected chi connectivity index (χ4v) is 5.17. The number of rotatable bonds is 20. The number of pyridine rings is 2. The number of aromatic nitrogens is 3. The molecule has 0 radical (unpaired) electrons. The van der Waals surface area contributed by atoms with Gasteiger partial charge >= 0.3 is 0 Å². The van der Waals surface area contributed by atoms with Crippen LogP contribution in [0.15, 0.2) is 67.1 Å². The Hall–Kier alpha value is -4.39. The molecule has 47 heavy (non-hydrogen) atoms. The fourth-order valence-electron chi connectivity index (χ4n) is 4.95. The molecule has 0 atom stereocenters. The molecule has 3 heterocycles. The zero-order valence-electron chi connectivity index (χ0n) is 26.1. The molecule has 0 fully saturated rings. The van der Waals surface area contributed by atoms with Gasteiger partial charge in [0, 0.05) is 58.6 Å². The molecule has 11 nitrogen and oxygen atoms in total. The first-order chi connectivity index (χ1) is 23.1. The molecule has 2 aromatic carbocycles. The summed E-state index contributed by atoms with van der Waals surface area (Å²) in [5.74, 6) is 0.863. The number of aldehydes is 2. The summed E-state index contributed by atoms with van der Waals surface area (Å²) in [6.45, 7) is 3.92. The van der Waals surface area contributed by atoms with E-state index in [4.69, 9.17) is 40.0 Å². The first-order valence-corrected chi connectivity index (χ1v) is 15.6. The van der Waals surface area contributed by atoms with E-state index in [1.807, 2.05) is 25.4 Å². The summed E-state index contributed by atoms with van der Waals surface area (Å²) in [6, 6.07) is 14.9. The first-order valence-electron chi connectivity index (χ1n) is 15.2. The third-order valence-electron chi connectivity index (χ3n) is 7.34. The number of fused-ring (bicyclic) bond motifs is 3. The van der Waals surface area contributed by atoms with Crippen LogP contribution in [-0.4, -0.2) is 93.2 Å². The monoisotopic (exact) mass is 661 g/mol. The first kappa shape index (κ1) is 34.0. The topological polar surface area (TPSA) is 120 Å². The van der Waals surface area contributed by atoms with Gasteiger partial charge in [-0.2, -0.15) is 0 Å². The van der Waals surface area contributed by atoms with Crippen molar-refractivity contribution in [2.24, 2.45) is 7.05 Å². The van der Waals surface area contributed by atoms with Crippen molar-refractivity contribution in [2.75, 3.05) is 66.1 Å². The molecule has 0 unspecified atom stereocenters. The average Bonchev–Trinajstić information content (AvgIpc) is 3.39. The molecular formula is C35H36ClN3O8. The van der Waals surface area contributed by atoms with Crippen LogP contribution in [-0.2, 0) is 26.0 Å². The number of aryl methyl sites for hydroxylation is 1. The quantitative estimate of drug-likeness (QED) is 0.0771. The Morgan fingerprint density at radius 1 is 0.660 bits per heavy atom. The van der Waals surface area contributed by atoms with E-state index in [0.717, 1.165) is 32.9 Å². The Bertz CT molecular complexity index is 1790. The molecule has 0 aliphatic heterocycles. The maximum absolute atomic E-state index is 11.0. The van der Waals surface area contributed by atoms with Crippen LogP contribution in [0, 0.1) is 0 Å². The van der Waals surface area contributed by atoms with E-state index >= 15 is 0 Å². The number of hydrogen-bond acceptors (Lipinski definition) is 10. The van der Waals surface area contributed by atoms with E-state index in [0.29, 0.717) is 106 Å². The Morgan fingerprint density at radius 2 is 1.32 bits per heavy atom. The smallest absolute Gasteiger partial charge is 0.232 e. The number of nitrogens with zero attached hydrogens (tertiary/aromatic N) is 3. The molecule has 5 rings (SSSR count). The molecule has 0 N–H and O–H groups in total. The summed E-state index contributed by atoms with van der Waals surface area (Å²) in [7, 11) is 2.05. The van der Waals surface area contributed by atoms with Gasteiger partial charge in [-0.25, -0.2) is 4.98 Å². The average molecular weight is 662 g/mol. The molecule has 3 aromatic heterocycles. The standard InChI is InChI=1S/C35H36ClN3O8/c1-39-33-6-7-37-22-31(33)30-5-3-25(20-34(30)39)27-19-32(36)35(38-21-27)47-17-15-45-13-11-43-9-8-42-10-12-44-14-16-46-29-4-2-26(23-40)28(18-29)24-41/h2-7,18-24H,8-17H2,1H3. The van der Waals surface area contributed by atoms with E-state index in [2.05, 4.69) is 32.7 Å². The lowest BCUT2D eigenvalue weighted by atomic mass is 10.1. The van der Waals surface area contributed by atoms with Gasteiger partial charge in [0.2, 0.25) is 5.88 Å². The SMILES string of the molecule is Cn1c2ccncc2c2ccc(-c3cnc(OCCOCCOCCOCCOCCOc4ccc(C=O)c(C=O)c4)c(Cl)c3)cc21. The number of carbonyl (C=O) groups excluding carboxylic acids is 2. The molecule has 12 heteroatoms. The summed E-state index contributed by atoms with van der Waals surface area (Å²) < 4.78 is 35.5. The van der Waals surface area contributed by atoms with Crippen LogP contribution >= 0.6 is 11.6 Å². The van der Waals surface area contributed by atoms with Crippen molar-refractivity contribution >= 4 is 46.0 Å². The molecule has 5 aromatic rings. The zero-order chi connectivity index (χ0) is 32.8. The van der Waals surface area contributed by atoms with E-state index in [1.165, 1.54) is 6.07 Å². The molecule has 0 spiro atoms. The van der Waals surface area contributed by atoms with Gasteiger partial charge in [0.25, 0.3) is 0 Å². The van der Waals surface area contributed by atoms with Crippen LogP contribution in [0.2, 0.25) is 5.02 Å². The minimum Gasteiger partial charge on any atom is -0.491 e. The van der Waals surface area contributed by atoms with Crippen LogP contribution in [0.5, 0.6) is 11.6 Å². The Labute approximate surface area is 277 Å². The van der Waals surface area contributed by atoms with E-state index in [-0.39, 0.29) is 0 Å². The number of halogens is 1. The third kappa shape index (κ3) is 9.12. The van der Waals surface area contributed by atoms with Gasteiger partial charge in [-0.3, -0.25) is 14.6 Å². The van der Waals surface area contributed by atoms with Crippen molar-refractivity contribution in [3.05, 3.63) is 83.3 Å². The van der Waals surface area contributed by atoms with Crippen molar-refractivity contribution in [3.63, 3.8) is 0 Å². The van der Waals surface area contributed by atoms with Crippen LogP contribution < -0.4 is 9.47 Å². The highest BCUT2D eigenvalue weighted by Gasteiger charge is 2.12. The molecule has 0 aliphatic rings. The van der Waals surface area contributed by atoms with Gasteiger partial charge in [0.05, 0.1) is 58.4 Å². The minimum absolute atomic E-state index is 0.292. The van der Waals surface area contributed by atoms with E-state index in [1.54, 1.807) is 24.5 Å². The van der Waals surface area contributed by atoms with Gasteiger partial charge in [0.15, 0.2) is 12.6 Å². The van der Waals surface area contributed by atoms with Gasteiger partial charge in [-0.15, -0.1) is 0 Å². The van der Waals surface area contributed by atoms with Crippen molar-refractivity contribution < 1.29 is 38.0 Å². The molecular weight excluding hydrogens is 626 g/mol. The van der Waals surface area contributed by atoms with Gasteiger partial charge in [0.1, 0.15) is 24.0 Å². The lowest BCUT2D eigenvalue weighted by Crippen LogP contribution is -2.15. The molecule has 246 valence electrons. The molecule has 0 amide bonds. The second-order valence-corrected chi connectivity index (χ2v) is 10.8. The zero-order valence-corrected chi connectivity index (χ0v) is 26.8. The highest BCUT2D eigenvalue weighted by molar-refractivity contribution is 6.32. The van der Waals surface area contributed by atoms with Crippen LogP contribution in [0.1, 0.15) is 20.7 Å². The minimum atomic E-state index is 0.292. The summed E-state index contributed by atoms with van der Waals surface area (Å²) in [4.78, 5) is 30.6. The molecule has 0 aliphatic carbocycles. The second-order valence-electron chi connectivity index (χ2n) is 10.4. The second kappa shape index (κ2) is 17.5. The number of hydrogen-bond donors (Lipinski definition) is 0. The largest absolute Gasteiger partial charge is 0.491 e. The van der Waals surface area contributed by atoms with Gasteiger partial charge < -0.3 is 33.0 Å². The normalized spacial score (nSPS) is 11.3. The van der Waals surface area contributed by atoms with Crippen LogP contribution in [0.3, 0.4) is 0 Å². The maximum atomic E-state index is 11.0. The van der Waals surface area contributed by atoms with E-state index in [9.17, 15) is 9.59 Å². The van der Waals surface area contributed by atoms with Crippen LogP contribution in [0.25, 0.3) is 32.9 Å².